The summed E-state index contributed by atoms with van der Waals surface area (Å²) in [6.45, 7) is 0.515. The number of nitrogens with one attached hydrogen (secondary N) is 1. The summed E-state index contributed by atoms with van der Waals surface area (Å²) < 4.78 is 5.76. The molecule has 0 fully saturated rings. The lowest BCUT2D eigenvalue weighted by molar-refractivity contribution is -0.128. The van der Waals surface area contributed by atoms with Gasteiger partial charge in [-0.15, -0.1) is 0 Å². The molecule has 2 aromatic rings. The molecule has 2 aliphatic heterocycles. The van der Waals surface area contributed by atoms with Crippen molar-refractivity contribution in [2.45, 2.75) is 24.6 Å². The number of nitrogens with zero attached hydrogens (tertiary/aromatic N) is 1. The second-order valence-corrected chi connectivity index (χ2v) is 5.72. The fraction of sp³-hybridized carbons (Fsp3) is 0.222. The van der Waals surface area contributed by atoms with E-state index in [0.717, 1.165) is 16.7 Å². The molecule has 2 aromatic carbocycles. The largest absolute Gasteiger partial charge is 0.472 e. The molecule has 2 aliphatic rings. The van der Waals surface area contributed by atoms with E-state index in [1.807, 2.05) is 54.6 Å². The second-order valence-electron chi connectivity index (χ2n) is 5.72. The fourth-order valence-corrected chi connectivity index (χ4v) is 3.28. The highest BCUT2D eigenvalue weighted by Gasteiger charge is 2.52. The zero-order chi connectivity index (χ0) is 15.0. The maximum atomic E-state index is 12.8. The minimum Gasteiger partial charge on any atom is -0.472 e. The average molecular weight is 292 g/mol. The molecule has 2 heterocycles. The van der Waals surface area contributed by atoms with E-state index in [1.54, 1.807) is 0 Å². The number of carbonyl (C=O) groups is 1. The minimum atomic E-state index is -0.923. The molecule has 0 saturated heterocycles. The average Bonchev–Trinajstić information content (AvgIpc) is 2.94. The molecule has 0 spiro atoms. The number of amides is 1. The Bertz CT molecular complexity index is 742. The molecule has 4 rings (SSSR count). The third-order valence-electron chi connectivity index (χ3n) is 4.40. The molecule has 0 saturated carbocycles. The van der Waals surface area contributed by atoms with Gasteiger partial charge in [0.05, 0.1) is 0 Å². The van der Waals surface area contributed by atoms with Crippen LogP contribution in [-0.2, 0) is 22.5 Å². The molecule has 0 bridgehead atoms. The van der Waals surface area contributed by atoms with Gasteiger partial charge in [0.15, 0.2) is 18.0 Å². The monoisotopic (exact) mass is 292 g/mol. The van der Waals surface area contributed by atoms with Crippen molar-refractivity contribution in [3.8, 4) is 0 Å². The maximum absolute atomic E-state index is 12.8. The number of fused-ring (bicyclic) bond motifs is 3. The summed E-state index contributed by atoms with van der Waals surface area (Å²) in [5, 5.41) is 3.00. The van der Waals surface area contributed by atoms with Gasteiger partial charge in [-0.2, -0.15) is 0 Å². The standard InChI is InChI=1S/C18H16N2O2/c21-17-18(10-13-6-2-1-3-7-13)16(22-12-20-18)15-9-5-4-8-14(15)11-19-17/h1-9,12,16H,10-11H2,(H,19,21)/t16-,18-/m0/s1. The number of hydrogen-bond donors (Lipinski definition) is 1. The number of carbonyl (C=O) groups excluding carboxylic acids is 1. The van der Waals surface area contributed by atoms with Crippen LogP contribution < -0.4 is 5.32 Å². The van der Waals surface area contributed by atoms with Crippen molar-refractivity contribution in [2.24, 2.45) is 4.99 Å². The van der Waals surface area contributed by atoms with Gasteiger partial charge in [-0.25, -0.2) is 4.99 Å². The minimum absolute atomic E-state index is 0.0775. The summed E-state index contributed by atoms with van der Waals surface area (Å²) in [5.74, 6) is -0.0775. The fourth-order valence-electron chi connectivity index (χ4n) is 3.28. The van der Waals surface area contributed by atoms with Gasteiger partial charge < -0.3 is 10.1 Å². The van der Waals surface area contributed by atoms with E-state index in [4.69, 9.17) is 4.74 Å². The van der Waals surface area contributed by atoms with E-state index in [-0.39, 0.29) is 12.0 Å². The smallest absolute Gasteiger partial charge is 0.252 e. The van der Waals surface area contributed by atoms with Crippen molar-refractivity contribution in [3.05, 3.63) is 71.3 Å². The van der Waals surface area contributed by atoms with Crippen LogP contribution in [0.5, 0.6) is 0 Å². The maximum Gasteiger partial charge on any atom is 0.252 e. The van der Waals surface area contributed by atoms with Gasteiger partial charge in [-0.05, 0) is 11.1 Å². The van der Waals surface area contributed by atoms with Crippen LogP contribution in [0.3, 0.4) is 0 Å². The van der Waals surface area contributed by atoms with Crippen molar-refractivity contribution in [1.82, 2.24) is 5.32 Å². The Hall–Kier alpha value is -2.62. The van der Waals surface area contributed by atoms with Gasteiger partial charge in [0.2, 0.25) is 0 Å². The molecule has 4 nitrogen and oxygen atoms in total. The van der Waals surface area contributed by atoms with Gasteiger partial charge in [0, 0.05) is 18.5 Å². The van der Waals surface area contributed by atoms with Crippen LogP contribution in [0, 0.1) is 0 Å². The molecule has 0 unspecified atom stereocenters. The third-order valence-corrected chi connectivity index (χ3v) is 4.40. The summed E-state index contributed by atoms with van der Waals surface area (Å²) in [6.07, 6.45) is 1.58. The Morgan fingerprint density at radius 3 is 2.77 bits per heavy atom. The summed E-state index contributed by atoms with van der Waals surface area (Å²) in [7, 11) is 0. The Morgan fingerprint density at radius 1 is 1.14 bits per heavy atom. The molecular formula is C18H16N2O2. The number of benzene rings is 2. The summed E-state index contributed by atoms with van der Waals surface area (Å²) in [4.78, 5) is 17.3. The molecule has 0 radical (unpaired) electrons. The van der Waals surface area contributed by atoms with E-state index in [0.29, 0.717) is 13.0 Å². The first-order valence-electron chi connectivity index (χ1n) is 7.39. The van der Waals surface area contributed by atoms with Crippen molar-refractivity contribution in [3.63, 3.8) is 0 Å². The topological polar surface area (TPSA) is 50.7 Å². The van der Waals surface area contributed by atoms with Crippen LogP contribution in [0.4, 0.5) is 0 Å². The quantitative estimate of drug-likeness (QED) is 0.924. The highest BCUT2D eigenvalue weighted by atomic mass is 16.5. The van der Waals surface area contributed by atoms with Gasteiger partial charge >= 0.3 is 0 Å². The lowest BCUT2D eigenvalue weighted by Gasteiger charge is -2.28. The Kier molecular flexibility index (Phi) is 2.96. The molecule has 110 valence electrons. The van der Waals surface area contributed by atoms with Gasteiger partial charge in [0.25, 0.3) is 5.91 Å². The van der Waals surface area contributed by atoms with Crippen molar-refractivity contribution < 1.29 is 9.53 Å². The van der Waals surface area contributed by atoms with Gasteiger partial charge in [-0.3, -0.25) is 4.79 Å². The van der Waals surface area contributed by atoms with Crippen LogP contribution in [0.2, 0.25) is 0 Å². The molecule has 22 heavy (non-hydrogen) atoms. The molecular weight excluding hydrogens is 276 g/mol. The van der Waals surface area contributed by atoms with E-state index in [1.165, 1.54) is 6.40 Å². The van der Waals surface area contributed by atoms with E-state index < -0.39 is 5.54 Å². The zero-order valence-corrected chi connectivity index (χ0v) is 12.0. The van der Waals surface area contributed by atoms with E-state index in [2.05, 4.69) is 10.3 Å². The van der Waals surface area contributed by atoms with Crippen molar-refractivity contribution in [1.29, 1.82) is 0 Å². The van der Waals surface area contributed by atoms with Crippen molar-refractivity contribution >= 4 is 12.3 Å². The Morgan fingerprint density at radius 2 is 1.91 bits per heavy atom. The summed E-state index contributed by atoms with van der Waals surface area (Å²) in [5.41, 5.74) is 2.27. The highest BCUT2D eigenvalue weighted by Crippen LogP contribution is 2.42. The molecule has 1 N–H and O–H groups in total. The number of hydrogen-bond acceptors (Lipinski definition) is 3. The molecule has 4 heteroatoms. The molecule has 1 amide bonds. The predicted molar refractivity (Wildman–Crippen MR) is 83.5 cm³/mol. The van der Waals surface area contributed by atoms with Crippen LogP contribution in [0.1, 0.15) is 22.8 Å². The predicted octanol–water partition coefficient (Wildman–Crippen LogP) is 2.40. The normalized spacial score (nSPS) is 25.6. The Labute approximate surface area is 128 Å². The molecule has 0 aromatic heterocycles. The summed E-state index contributed by atoms with van der Waals surface area (Å²) >= 11 is 0. The lowest BCUT2D eigenvalue weighted by Crippen LogP contribution is -2.47. The zero-order valence-electron chi connectivity index (χ0n) is 12.0. The summed E-state index contributed by atoms with van der Waals surface area (Å²) in [6, 6.07) is 18.0. The Balaban J connectivity index is 1.81. The van der Waals surface area contributed by atoms with E-state index in [9.17, 15) is 4.79 Å². The molecule has 2 atom stereocenters. The first-order chi connectivity index (χ1) is 10.8. The van der Waals surface area contributed by atoms with Crippen LogP contribution in [0.25, 0.3) is 0 Å². The first kappa shape index (κ1) is 13.1. The van der Waals surface area contributed by atoms with Crippen molar-refractivity contribution in [2.75, 3.05) is 0 Å². The molecule has 0 aliphatic carbocycles. The third kappa shape index (κ3) is 1.91. The highest BCUT2D eigenvalue weighted by molar-refractivity contribution is 5.91. The number of aliphatic imine (C=N–C) groups is 1. The number of ether oxygens (including phenoxy) is 1. The van der Waals surface area contributed by atoms with E-state index >= 15 is 0 Å². The second kappa shape index (κ2) is 4.98. The van der Waals surface area contributed by atoms with Gasteiger partial charge in [0.1, 0.15) is 0 Å². The van der Waals surface area contributed by atoms with Crippen LogP contribution >= 0.6 is 0 Å². The lowest BCUT2D eigenvalue weighted by atomic mass is 9.82. The van der Waals surface area contributed by atoms with Crippen LogP contribution in [-0.4, -0.2) is 17.8 Å². The van der Waals surface area contributed by atoms with Gasteiger partial charge in [-0.1, -0.05) is 54.6 Å². The number of rotatable bonds is 2. The SMILES string of the molecule is O=C1NCc2ccccc2[C@@H]2OC=N[C@]12Cc1ccccc1. The van der Waals surface area contributed by atoms with Crippen LogP contribution in [0.15, 0.2) is 59.6 Å². The first-order valence-corrected chi connectivity index (χ1v) is 7.39.